The average Bonchev–Trinajstić information content (AvgIpc) is 1.57. The third-order valence-corrected chi connectivity index (χ3v) is 34.5. The van der Waals surface area contributed by atoms with Crippen molar-refractivity contribution in [1.82, 2.24) is 71.5 Å². The molecule has 22 heteroatoms. The topological polar surface area (TPSA) is 183 Å². The van der Waals surface area contributed by atoms with Gasteiger partial charge in [0.25, 0.3) is 0 Å². The van der Waals surface area contributed by atoms with Gasteiger partial charge < -0.3 is 38.2 Å². The molecular formula is C125H164N18O2SSe. The molecule has 7 aliphatic heterocycles. The van der Waals surface area contributed by atoms with Crippen LogP contribution in [0, 0.1) is 32.5 Å². The van der Waals surface area contributed by atoms with Crippen LogP contribution < -0.4 is 37.2 Å². The van der Waals surface area contributed by atoms with E-state index in [0.717, 1.165) is 55.9 Å². The van der Waals surface area contributed by atoms with Gasteiger partial charge in [-0.2, -0.15) is 0 Å². The van der Waals surface area contributed by atoms with Crippen molar-refractivity contribution in [3.8, 4) is 0 Å². The molecule has 11 heterocycles. The summed E-state index contributed by atoms with van der Waals surface area (Å²) in [4.78, 5) is 35.1. The average molecular weight is 2060 g/mol. The van der Waals surface area contributed by atoms with Crippen molar-refractivity contribution in [2.45, 2.75) is 265 Å². The molecule has 21 rings (SSSR count). The van der Waals surface area contributed by atoms with Crippen LogP contribution in [-0.2, 0) is 0 Å². The van der Waals surface area contributed by atoms with Crippen molar-refractivity contribution >= 4 is 166 Å². The van der Waals surface area contributed by atoms with E-state index in [0.29, 0.717) is 56.8 Å². The largest absolute Gasteiger partial charge is 0.455 e. The van der Waals surface area contributed by atoms with E-state index in [1.54, 1.807) is 0 Å². The van der Waals surface area contributed by atoms with E-state index >= 15 is 0 Å². The van der Waals surface area contributed by atoms with Gasteiger partial charge in [0, 0.05) is 123 Å². The molecule has 7 unspecified atom stereocenters. The van der Waals surface area contributed by atoms with Gasteiger partial charge in [-0.15, -0.1) is 11.3 Å². The molecule has 0 bridgehead atoms. The Labute approximate surface area is 886 Å². The molecule has 0 radical (unpaired) electrons. The maximum absolute atomic E-state index is 6.38. The molecule has 147 heavy (non-hydrogen) atoms. The second-order valence-electron chi connectivity index (χ2n) is 47.9. The zero-order valence-corrected chi connectivity index (χ0v) is 96.1. The van der Waals surface area contributed by atoms with Crippen LogP contribution in [0.5, 0.6) is 0 Å². The maximum Gasteiger partial charge on any atom is 0.168 e. The Hall–Kier alpha value is -11.5. The normalized spacial score (nSPS) is 19.5. The summed E-state index contributed by atoms with van der Waals surface area (Å²) in [7, 11) is 14.6. The van der Waals surface area contributed by atoms with Gasteiger partial charge in [-0.05, 0) is 190 Å². The van der Waals surface area contributed by atoms with Crippen molar-refractivity contribution in [3.63, 3.8) is 0 Å². The minimum absolute atomic E-state index is 0.0131. The molecule has 0 fully saturated rings. The second kappa shape index (κ2) is 45.1. The summed E-state index contributed by atoms with van der Waals surface area (Å²) in [5, 5.41) is 38.4. The minimum Gasteiger partial charge on any atom is -0.455 e. The van der Waals surface area contributed by atoms with E-state index < -0.39 is 0 Å². The molecule has 20 nitrogen and oxygen atoms in total. The van der Waals surface area contributed by atoms with Crippen molar-refractivity contribution in [2.75, 3.05) is 49.3 Å². The summed E-state index contributed by atoms with van der Waals surface area (Å²) >= 11 is 2.21. The first-order chi connectivity index (χ1) is 69.4. The number of nitrogens with one attached hydrogen (secondary N) is 7. The fraction of sp³-hybridized carbons (Fsp3) is 0.424. The molecule has 10 aromatic carbocycles. The van der Waals surface area contributed by atoms with Gasteiger partial charge >= 0.3 is 132 Å². The predicted octanol–water partition coefficient (Wildman–Crippen LogP) is 29.5. The Morgan fingerprint density at radius 3 is 1.24 bits per heavy atom. The van der Waals surface area contributed by atoms with Crippen LogP contribution in [0.15, 0.2) is 254 Å². The number of fused-ring (bicyclic) bond motifs is 20. The standard InChI is InChI=1S/C21H25N3O.C20H26N2.C17H23N3O.C17H23N3S.C17H23N3Se.C17H20N2.C16H24N2/c1-13(21(2,3)4)23-20-19-17(22-12-24(20)5)16-11-10-14-8-6-7-9-15(14)18(16)25-19;1-14(20(2,3)4)21-19-18-13-16-9-7-6-8-15(16)12-17(18)10-11-22(19)5;3*1-11(17(2,3)4)19-16-15-14(18-10-20(16)5)12-8-6-7-9-13(12)21-15;1-12(2)18-17-16-9-8-13-6-4-5-7-14(13)15(16)10-11-19(17)3;1-12(16(2,3)4)17-15-14-9-7-6-8-13(14)10-11-18(15)5/h6-13,20,23H,1-5H3;6-14,19,21H,1-5H3;3*6-11,16,19H,1-5H3;4-12,17-18H,1-3H3;6-12,15,17H,1-5H3/t13-,20?;14-,19?;3*11-,16?;;12-,15?/m11111.1/s1. The van der Waals surface area contributed by atoms with Gasteiger partial charge in [0.05, 0.1) is 29.6 Å². The molecule has 0 saturated heterocycles. The van der Waals surface area contributed by atoms with Crippen molar-refractivity contribution in [2.24, 2.45) is 52.5 Å². The van der Waals surface area contributed by atoms with Crippen molar-refractivity contribution < 1.29 is 8.83 Å². The molecule has 7 aliphatic rings. The first kappa shape index (κ1) is 110. The molecule has 13 atom stereocenters. The van der Waals surface area contributed by atoms with E-state index in [1.165, 1.54) is 95.0 Å². The smallest absolute Gasteiger partial charge is 0.168 e. The Balaban J connectivity index is 0.000000129. The van der Waals surface area contributed by atoms with Gasteiger partial charge in [-0.25, -0.2) is 15.0 Å². The summed E-state index contributed by atoms with van der Waals surface area (Å²) in [6.45, 7) is 58.6. The number of rotatable bonds is 14. The molecule has 778 valence electrons. The van der Waals surface area contributed by atoms with E-state index in [4.69, 9.17) is 8.83 Å². The van der Waals surface area contributed by atoms with Gasteiger partial charge in [0.15, 0.2) is 11.5 Å². The van der Waals surface area contributed by atoms with Gasteiger partial charge in [0.2, 0.25) is 0 Å². The summed E-state index contributed by atoms with van der Waals surface area (Å²) in [5.41, 5.74) is 15.4. The van der Waals surface area contributed by atoms with Crippen molar-refractivity contribution in [3.05, 3.63) is 279 Å². The molecule has 4 aromatic heterocycles. The number of thiophene rings is 1. The Kier molecular flexibility index (Phi) is 33.7. The second-order valence-corrected chi connectivity index (χ2v) is 51.3. The van der Waals surface area contributed by atoms with Crippen LogP contribution in [0.3, 0.4) is 0 Å². The molecule has 0 spiro atoms. The zero-order chi connectivity index (χ0) is 106. The fourth-order valence-electron chi connectivity index (χ4n) is 18.3. The van der Waals surface area contributed by atoms with Gasteiger partial charge in [0.1, 0.15) is 59.5 Å². The minimum atomic E-state index is -0.0205. The van der Waals surface area contributed by atoms with E-state index in [9.17, 15) is 0 Å². The Bertz CT molecular complexity index is 6860. The van der Waals surface area contributed by atoms with Crippen LogP contribution in [0.25, 0.3) is 92.2 Å². The van der Waals surface area contributed by atoms with E-state index in [-0.39, 0.29) is 75.7 Å². The first-order valence-corrected chi connectivity index (χ1v) is 55.1. The molecule has 7 N–H and O–H groups in total. The third-order valence-electron chi connectivity index (χ3n) is 30.7. The number of para-hydroxylation sites is 1. The number of nitrogens with zero attached hydrogens (tertiary/aromatic N) is 11. The monoisotopic (exact) mass is 2060 g/mol. The summed E-state index contributed by atoms with van der Waals surface area (Å²) < 4.78 is 16.7. The number of aliphatic imine (C=N–C) groups is 4. The molecule has 0 amide bonds. The zero-order valence-electron chi connectivity index (χ0n) is 93.5. The number of furan rings is 2. The molecule has 14 aromatic rings. The maximum atomic E-state index is 6.38. The molecule has 0 saturated carbocycles. The van der Waals surface area contributed by atoms with Crippen LogP contribution in [0.1, 0.15) is 277 Å². The summed E-state index contributed by atoms with van der Waals surface area (Å²) in [6, 6.07) is 75.6. The van der Waals surface area contributed by atoms with Gasteiger partial charge in [-0.1, -0.05) is 249 Å². The number of hydrogen-bond acceptors (Lipinski definition) is 21. The van der Waals surface area contributed by atoms with Gasteiger partial charge in [-0.3, -0.25) is 31.9 Å². The van der Waals surface area contributed by atoms with E-state index in [1.807, 2.05) is 69.0 Å². The van der Waals surface area contributed by atoms with Crippen molar-refractivity contribution in [1.29, 1.82) is 0 Å². The quantitative estimate of drug-likeness (QED) is 0.0510. The number of hydrogen-bond donors (Lipinski definition) is 7. The summed E-state index contributed by atoms with van der Waals surface area (Å²) in [5.74, 6) is 1.80. The van der Waals surface area contributed by atoms with Crippen LogP contribution in [0.2, 0.25) is 0 Å². The fourth-order valence-corrected chi connectivity index (χ4v) is 22.2. The third kappa shape index (κ3) is 25.1. The Morgan fingerprint density at radius 2 is 0.687 bits per heavy atom. The van der Waals surface area contributed by atoms with Crippen LogP contribution in [0.4, 0.5) is 22.7 Å². The van der Waals surface area contributed by atoms with E-state index in [2.05, 4.69) is 532 Å². The van der Waals surface area contributed by atoms with Crippen LogP contribution in [-0.4, -0.2) is 166 Å². The summed E-state index contributed by atoms with van der Waals surface area (Å²) in [6.07, 6.45) is 21.9. The Morgan fingerprint density at radius 1 is 0.299 bits per heavy atom. The molecule has 0 aliphatic carbocycles. The first-order valence-electron chi connectivity index (χ1n) is 52.6. The number of benzene rings is 10. The predicted molar refractivity (Wildman–Crippen MR) is 631 cm³/mol. The SMILES string of the molecule is CC(C)NC1c2ccc3ccccc3c2C=CN1C.C[C@@H](NC1c2[se]c3ccccc3c2N=CN1C)C(C)(C)C.C[C@@H](NC1c2cc3ccccc3cc2C=CN1C)C(C)(C)C.C[C@@H](NC1c2ccccc2C=CN1C)C(C)(C)C.C[C@@H](NC1c2oc3c(ccc4ccccc43)c2N=CN1C)C(C)(C)C.C[C@@H](NC1c2oc3ccccc3c2N=CN1C)C(C)(C)C.C[C@@H](NC1c2sc3ccccc3c2N=CN1C)C(C)(C)C. The van der Waals surface area contributed by atoms with Crippen LogP contribution >= 0.6 is 11.3 Å². The molecular weight excluding hydrogens is 1900 g/mol.